The molecule has 0 spiro atoms. The van der Waals surface area contributed by atoms with Crippen molar-refractivity contribution >= 4 is 22.9 Å². The molecule has 8 heteroatoms. The largest absolute Gasteiger partial charge is 0.367 e. The highest BCUT2D eigenvalue weighted by atomic mass is 16.2. The summed E-state index contributed by atoms with van der Waals surface area (Å²) >= 11 is 0. The van der Waals surface area contributed by atoms with Gasteiger partial charge in [-0.05, 0) is 65.5 Å². The van der Waals surface area contributed by atoms with Crippen molar-refractivity contribution in [1.82, 2.24) is 30.4 Å². The first-order valence-corrected chi connectivity index (χ1v) is 11.1. The number of hydrogen-bond acceptors (Lipinski definition) is 5. The van der Waals surface area contributed by atoms with Crippen molar-refractivity contribution in [3.05, 3.63) is 41.3 Å². The summed E-state index contributed by atoms with van der Waals surface area (Å²) in [5.74, 6) is 1.56. The van der Waals surface area contributed by atoms with Gasteiger partial charge in [0.1, 0.15) is 11.6 Å². The predicted molar refractivity (Wildman–Crippen MR) is 123 cm³/mol. The molecular formula is C23H31N7O. The van der Waals surface area contributed by atoms with Crippen LogP contribution in [-0.2, 0) is 0 Å². The van der Waals surface area contributed by atoms with E-state index in [9.17, 15) is 4.79 Å². The Morgan fingerprint density at radius 1 is 1.03 bits per heavy atom. The van der Waals surface area contributed by atoms with Crippen molar-refractivity contribution in [1.29, 1.82) is 0 Å². The second-order valence-electron chi connectivity index (χ2n) is 8.35. The molecule has 1 aromatic carbocycles. The zero-order chi connectivity index (χ0) is 22.0. The molecule has 4 rings (SSSR count). The number of nitrogens with one attached hydrogen (secondary N) is 3. The maximum absolute atomic E-state index is 11.8. The van der Waals surface area contributed by atoms with Crippen LogP contribution in [0.15, 0.2) is 24.3 Å². The Bertz CT molecular complexity index is 1070. The van der Waals surface area contributed by atoms with Gasteiger partial charge in [-0.25, -0.2) is 19.4 Å². The Hall–Kier alpha value is -3.16. The first-order chi connectivity index (χ1) is 14.9. The number of aryl methyl sites for hydroxylation is 3. The molecule has 0 radical (unpaired) electrons. The average molecular weight is 422 g/mol. The van der Waals surface area contributed by atoms with E-state index >= 15 is 0 Å². The maximum Gasteiger partial charge on any atom is 0.314 e. The smallest absolute Gasteiger partial charge is 0.314 e. The number of aromatic nitrogens is 4. The highest BCUT2D eigenvalue weighted by molar-refractivity contribution is 5.90. The third kappa shape index (κ3) is 4.62. The lowest BCUT2D eigenvalue weighted by Gasteiger charge is -2.30. The van der Waals surface area contributed by atoms with E-state index in [-0.39, 0.29) is 12.1 Å². The van der Waals surface area contributed by atoms with Crippen LogP contribution in [0.1, 0.15) is 49.7 Å². The second kappa shape index (κ2) is 8.91. The SMILES string of the molecule is CCNC(=O)NC1CCC(Nc2nc(C)nc3c2c(C)nn3-c2ccc(C)cc2)CC1. The summed E-state index contributed by atoms with van der Waals surface area (Å²) in [6, 6.07) is 8.75. The van der Waals surface area contributed by atoms with Crippen molar-refractivity contribution in [2.45, 2.75) is 65.5 Å². The van der Waals surface area contributed by atoms with Gasteiger partial charge < -0.3 is 16.0 Å². The third-order valence-electron chi connectivity index (χ3n) is 5.83. The number of benzene rings is 1. The van der Waals surface area contributed by atoms with Crippen molar-refractivity contribution < 1.29 is 4.79 Å². The van der Waals surface area contributed by atoms with Crippen molar-refractivity contribution in [2.75, 3.05) is 11.9 Å². The number of carbonyl (C=O) groups is 1. The number of anilines is 1. The molecule has 31 heavy (non-hydrogen) atoms. The highest BCUT2D eigenvalue weighted by Gasteiger charge is 2.24. The molecule has 3 aromatic rings. The van der Waals surface area contributed by atoms with E-state index in [0.717, 1.165) is 59.7 Å². The van der Waals surface area contributed by atoms with Gasteiger partial charge in [-0.1, -0.05) is 17.7 Å². The molecule has 8 nitrogen and oxygen atoms in total. The van der Waals surface area contributed by atoms with Crippen molar-refractivity contribution in [3.63, 3.8) is 0 Å². The molecule has 3 N–H and O–H groups in total. The second-order valence-corrected chi connectivity index (χ2v) is 8.35. The predicted octanol–water partition coefficient (Wildman–Crippen LogP) is 3.78. The van der Waals surface area contributed by atoms with Gasteiger partial charge in [-0.3, -0.25) is 0 Å². The Kier molecular flexibility index (Phi) is 6.06. The summed E-state index contributed by atoms with van der Waals surface area (Å²) in [5, 5.41) is 15.2. The fourth-order valence-corrected chi connectivity index (χ4v) is 4.23. The van der Waals surface area contributed by atoms with Gasteiger partial charge in [-0.2, -0.15) is 5.10 Å². The first-order valence-electron chi connectivity index (χ1n) is 11.1. The first kappa shape index (κ1) is 21.1. The van der Waals surface area contributed by atoms with Gasteiger partial charge >= 0.3 is 6.03 Å². The number of amides is 2. The minimum absolute atomic E-state index is 0.0776. The van der Waals surface area contributed by atoms with E-state index in [4.69, 9.17) is 15.1 Å². The fraction of sp³-hybridized carbons (Fsp3) is 0.478. The van der Waals surface area contributed by atoms with Gasteiger partial charge in [0.25, 0.3) is 0 Å². The molecule has 0 aliphatic heterocycles. The number of nitrogens with zero attached hydrogens (tertiary/aromatic N) is 4. The van der Waals surface area contributed by atoms with Crippen molar-refractivity contribution in [3.8, 4) is 5.69 Å². The molecule has 2 amide bonds. The van der Waals surface area contributed by atoms with Crippen LogP contribution >= 0.6 is 0 Å². The van der Waals surface area contributed by atoms with E-state index in [0.29, 0.717) is 12.6 Å². The van der Waals surface area contributed by atoms with Gasteiger partial charge in [-0.15, -0.1) is 0 Å². The molecule has 0 saturated heterocycles. The Labute approximate surface area is 182 Å². The summed E-state index contributed by atoms with van der Waals surface area (Å²) < 4.78 is 1.90. The lowest BCUT2D eigenvalue weighted by Crippen LogP contribution is -2.44. The number of rotatable bonds is 5. The average Bonchev–Trinajstić information content (AvgIpc) is 3.06. The zero-order valence-electron chi connectivity index (χ0n) is 18.7. The van der Waals surface area contributed by atoms with Crippen molar-refractivity contribution in [2.24, 2.45) is 0 Å². The van der Waals surface area contributed by atoms with E-state index in [1.807, 2.05) is 25.5 Å². The molecule has 0 unspecified atom stereocenters. The minimum atomic E-state index is -0.0776. The number of urea groups is 1. The zero-order valence-corrected chi connectivity index (χ0v) is 18.7. The summed E-state index contributed by atoms with van der Waals surface area (Å²) in [7, 11) is 0. The molecule has 0 atom stereocenters. The maximum atomic E-state index is 11.8. The topological polar surface area (TPSA) is 96.8 Å². The lowest BCUT2D eigenvalue weighted by atomic mass is 9.91. The van der Waals surface area contributed by atoms with E-state index in [1.165, 1.54) is 5.56 Å². The Balaban J connectivity index is 1.54. The molecule has 1 aliphatic rings. The third-order valence-corrected chi connectivity index (χ3v) is 5.83. The van der Waals surface area contributed by atoms with E-state index in [1.54, 1.807) is 0 Å². The van der Waals surface area contributed by atoms with Gasteiger partial charge in [0.2, 0.25) is 0 Å². The fourth-order valence-electron chi connectivity index (χ4n) is 4.23. The van der Waals surface area contributed by atoms with Crippen LogP contribution in [0.4, 0.5) is 10.6 Å². The van der Waals surface area contributed by atoms with Crippen LogP contribution in [0.25, 0.3) is 16.7 Å². The molecule has 1 saturated carbocycles. The Morgan fingerprint density at radius 3 is 2.39 bits per heavy atom. The summed E-state index contributed by atoms with van der Waals surface area (Å²) in [4.78, 5) is 21.2. The molecule has 164 valence electrons. The number of fused-ring (bicyclic) bond motifs is 1. The van der Waals surface area contributed by atoms with E-state index < -0.39 is 0 Å². The van der Waals surface area contributed by atoms with Gasteiger partial charge in [0, 0.05) is 18.6 Å². The molecular weight excluding hydrogens is 390 g/mol. The van der Waals surface area contributed by atoms with Crippen LogP contribution in [-0.4, -0.2) is 44.4 Å². The number of carbonyl (C=O) groups excluding carboxylic acids is 1. The summed E-state index contributed by atoms with van der Waals surface area (Å²) in [5.41, 5.74) is 3.93. The molecule has 1 aliphatic carbocycles. The van der Waals surface area contributed by atoms with Crippen LogP contribution < -0.4 is 16.0 Å². The van der Waals surface area contributed by atoms with E-state index in [2.05, 4.69) is 47.1 Å². The quantitative estimate of drug-likeness (QED) is 0.582. The van der Waals surface area contributed by atoms with Crippen LogP contribution in [0.5, 0.6) is 0 Å². The molecule has 2 aromatic heterocycles. The number of hydrogen-bond donors (Lipinski definition) is 3. The normalized spacial score (nSPS) is 18.7. The standard InChI is InChI=1S/C23H31N7O/c1-5-24-23(31)28-18-10-8-17(9-11-18)27-21-20-15(3)29-30(22(20)26-16(4)25-21)19-12-6-14(2)7-13-19/h6-7,12-13,17-18H,5,8-11H2,1-4H3,(H2,24,28,31)(H,25,26,27). The Morgan fingerprint density at radius 2 is 1.71 bits per heavy atom. The van der Waals surface area contributed by atoms with Crippen LogP contribution in [0.2, 0.25) is 0 Å². The summed E-state index contributed by atoms with van der Waals surface area (Å²) in [6.45, 7) is 8.56. The lowest BCUT2D eigenvalue weighted by molar-refractivity contribution is 0.232. The van der Waals surface area contributed by atoms with Gasteiger partial charge in [0.15, 0.2) is 5.65 Å². The monoisotopic (exact) mass is 421 g/mol. The molecule has 1 fully saturated rings. The summed E-state index contributed by atoms with van der Waals surface area (Å²) in [6.07, 6.45) is 3.85. The van der Waals surface area contributed by atoms with Gasteiger partial charge in [0.05, 0.1) is 16.8 Å². The highest BCUT2D eigenvalue weighted by Crippen LogP contribution is 2.29. The minimum Gasteiger partial charge on any atom is -0.367 e. The van der Waals surface area contributed by atoms with Crippen LogP contribution in [0.3, 0.4) is 0 Å². The van der Waals surface area contributed by atoms with Crippen LogP contribution in [0, 0.1) is 20.8 Å². The molecule has 2 heterocycles. The molecule has 0 bridgehead atoms.